The number of ketones is 2. The fraction of sp³-hybridized carbons (Fsp3) is 0.481. The van der Waals surface area contributed by atoms with Crippen LogP contribution in [0.15, 0.2) is 39.1 Å². The highest BCUT2D eigenvalue weighted by molar-refractivity contribution is 9.10. The van der Waals surface area contributed by atoms with E-state index in [1.807, 2.05) is 19.1 Å². The maximum Gasteiger partial charge on any atom is 0.176 e. The van der Waals surface area contributed by atoms with Gasteiger partial charge in [0, 0.05) is 47.8 Å². The summed E-state index contributed by atoms with van der Waals surface area (Å²) in [6.07, 6.45) is 10.8. The lowest BCUT2D eigenvalue weighted by Crippen LogP contribution is -2.39. The minimum absolute atomic E-state index is 0.120. The molecule has 0 spiro atoms. The number of carbonyl (C=O) groups is 2. The van der Waals surface area contributed by atoms with E-state index in [0.29, 0.717) is 35.4 Å². The van der Waals surface area contributed by atoms with E-state index in [9.17, 15) is 9.59 Å². The van der Waals surface area contributed by atoms with E-state index in [-0.39, 0.29) is 24.1 Å². The molecule has 1 aliphatic heterocycles. The van der Waals surface area contributed by atoms with Crippen LogP contribution in [0.3, 0.4) is 0 Å². The van der Waals surface area contributed by atoms with Crippen LogP contribution >= 0.6 is 15.9 Å². The molecule has 2 aliphatic carbocycles. The average molecular weight is 512 g/mol. The molecule has 1 heterocycles. The summed E-state index contributed by atoms with van der Waals surface area (Å²) in [5.74, 6) is 3.50. The summed E-state index contributed by atoms with van der Waals surface area (Å²) < 4.78 is 12.3. The first kappa shape index (κ1) is 23.6. The van der Waals surface area contributed by atoms with E-state index in [4.69, 9.17) is 15.9 Å². The van der Waals surface area contributed by atoms with Crippen molar-refractivity contribution < 1.29 is 19.1 Å². The van der Waals surface area contributed by atoms with Crippen molar-refractivity contribution in [2.24, 2.45) is 0 Å². The maximum atomic E-state index is 13.3. The van der Waals surface area contributed by atoms with Crippen molar-refractivity contribution in [2.45, 2.75) is 64.7 Å². The third-order valence-electron chi connectivity index (χ3n) is 6.50. The molecular weight excluding hydrogens is 482 g/mol. The molecule has 0 saturated heterocycles. The standard InChI is InChI=1S/C27H30BrNO4/c1-4-13-29-19-9-7-11-21(30)25(19)24(26-20(29)10-8-12-22(26)31)17-15-18(28)27(33-14-5-2)23(16-17)32-6-3/h2,15-16,24H,4,6-14H2,1,3H3. The molecule has 4 rings (SSSR count). The molecule has 0 unspecified atom stereocenters. The van der Waals surface area contributed by atoms with E-state index in [0.717, 1.165) is 66.8 Å². The molecule has 0 amide bonds. The first-order chi connectivity index (χ1) is 16.0. The fourth-order valence-electron chi connectivity index (χ4n) is 5.31. The molecule has 0 atom stereocenters. The summed E-state index contributed by atoms with van der Waals surface area (Å²) in [6.45, 7) is 5.46. The van der Waals surface area contributed by atoms with E-state index < -0.39 is 0 Å². The molecule has 0 bridgehead atoms. The minimum Gasteiger partial charge on any atom is -0.490 e. The Kier molecular flexibility index (Phi) is 7.29. The Hall–Kier alpha value is -2.52. The van der Waals surface area contributed by atoms with Gasteiger partial charge >= 0.3 is 0 Å². The van der Waals surface area contributed by atoms with Gasteiger partial charge in [0.1, 0.15) is 6.61 Å². The van der Waals surface area contributed by atoms with Crippen molar-refractivity contribution in [1.29, 1.82) is 0 Å². The summed E-state index contributed by atoms with van der Waals surface area (Å²) in [6, 6.07) is 3.87. The summed E-state index contributed by atoms with van der Waals surface area (Å²) in [5, 5.41) is 0. The third kappa shape index (κ3) is 4.36. The fourth-order valence-corrected chi connectivity index (χ4v) is 5.89. The number of halogens is 1. The Morgan fingerprint density at radius 2 is 1.67 bits per heavy atom. The van der Waals surface area contributed by atoms with Gasteiger partial charge in [0.25, 0.3) is 0 Å². The number of allylic oxidation sites excluding steroid dienone is 4. The topological polar surface area (TPSA) is 55.8 Å². The Bertz CT molecular complexity index is 1030. The van der Waals surface area contributed by atoms with Crippen LogP contribution in [0.2, 0.25) is 0 Å². The van der Waals surface area contributed by atoms with Gasteiger partial charge in [-0.1, -0.05) is 12.8 Å². The molecule has 0 saturated carbocycles. The number of nitrogens with zero attached hydrogens (tertiary/aromatic N) is 1. The van der Waals surface area contributed by atoms with Gasteiger partial charge in [0.2, 0.25) is 0 Å². The van der Waals surface area contributed by atoms with Crippen molar-refractivity contribution >= 4 is 27.5 Å². The number of hydrogen-bond acceptors (Lipinski definition) is 5. The van der Waals surface area contributed by atoms with Gasteiger partial charge in [-0.05, 0) is 72.7 Å². The van der Waals surface area contributed by atoms with Crippen molar-refractivity contribution in [3.63, 3.8) is 0 Å². The molecule has 0 aromatic heterocycles. The first-order valence-electron chi connectivity index (χ1n) is 11.8. The number of benzene rings is 1. The SMILES string of the molecule is C#CCOc1c(Br)cc(C2C3=C(CCCC3=O)N(CCC)C3=C2C(=O)CCC3)cc1OCC. The second kappa shape index (κ2) is 10.2. The molecule has 3 aliphatic rings. The van der Waals surface area contributed by atoms with Gasteiger partial charge in [0.15, 0.2) is 23.1 Å². The molecule has 0 N–H and O–H groups in total. The molecule has 6 heteroatoms. The van der Waals surface area contributed by atoms with Gasteiger partial charge in [-0.3, -0.25) is 9.59 Å². The second-order valence-corrected chi connectivity index (χ2v) is 9.47. The first-order valence-corrected chi connectivity index (χ1v) is 12.6. The number of terminal acetylenes is 1. The Labute approximate surface area is 204 Å². The second-order valence-electron chi connectivity index (χ2n) is 8.61. The van der Waals surface area contributed by atoms with Crippen molar-refractivity contribution in [3.8, 4) is 23.8 Å². The maximum absolute atomic E-state index is 13.3. The van der Waals surface area contributed by atoms with Gasteiger partial charge < -0.3 is 14.4 Å². The minimum atomic E-state index is -0.374. The monoisotopic (exact) mass is 511 g/mol. The van der Waals surface area contributed by atoms with Gasteiger partial charge in [-0.15, -0.1) is 6.42 Å². The van der Waals surface area contributed by atoms with Crippen molar-refractivity contribution in [3.05, 3.63) is 44.7 Å². The van der Waals surface area contributed by atoms with Crippen LogP contribution in [0.1, 0.15) is 70.3 Å². The molecule has 1 aromatic rings. The Morgan fingerprint density at radius 1 is 1.03 bits per heavy atom. The quantitative estimate of drug-likeness (QED) is 0.440. The smallest absolute Gasteiger partial charge is 0.176 e. The number of carbonyl (C=O) groups excluding carboxylic acids is 2. The molecular formula is C27H30BrNO4. The Morgan fingerprint density at radius 3 is 2.21 bits per heavy atom. The van der Waals surface area contributed by atoms with E-state index in [2.05, 4.69) is 33.7 Å². The molecule has 1 aromatic carbocycles. The van der Waals surface area contributed by atoms with Gasteiger partial charge in [-0.2, -0.15) is 0 Å². The highest BCUT2D eigenvalue weighted by Crippen LogP contribution is 2.51. The predicted octanol–water partition coefficient (Wildman–Crippen LogP) is 5.68. The summed E-state index contributed by atoms with van der Waals surface area (Å²) in [7, 11) is 0. The summed E-state index contributed by atoms with van der Waals surface area (Å²) >= 11 is 3.62. The third-order valence-corrected chi connectivity index (χ3v) is 7.09. The van der Waals surface area contributed by atoms with Crippen LogP contribution < -0.4 is 9.47 Å². The van der Waals surface area contributed by atoms with Crippen LogP contribution in [0.25, 0.3) is 0 Å². The van der Waals surface area contributed by atoms with Crippen LogP contribution in [-0.4, -0.2) is 36.2 Å². The molecule has 33 heavy (non-hydrogen) atoms. The number of rotatable bonds is 7. The van der Waals surface area contributed by atoms with Crippen molar-refractivity contribution in [1.82, 2.24) is 4.90 Å². The largest absolute Gasteiger partial charge is 0.490 e. The highest BCUT2D eigenvalue weighted by atomic mass is 79.9. The zero-order valence-electron chi connectivity index (χ0n) is 19.3. The van der Waals surface area contributed by atoms with Crippen LogP contribution in [-0.2, 0) is 9.59 Å². The highest BCUT2D eigenvalue weighted by Gasteiger charge is 2.43. The van der Waals surface area contributed by atoms with E-state index in [1.165, 1.54) is 0 Å². The molecule has 5 nitrogen and oxygen atoms in total. The van der Waals surface area contributed by atoms with E-state index in [1.54, 1.807) is 0 Å². The van der Waals surface area contributed by atoms with Crippen LogP contribution in [0.5, 0.6) is 11.5 Å². The van der Waals surface area contributed by atoms with E-state index >= 15 is 0 Å². The van der Waals surface area contributed by atoms with Crippen molar-refractivity contribution in [2.75, 3.05) is 19.8 Å². The number of Topliss-reactive ketones (excluding diaryl/α,β-unsaturated/α-hetero) is 2. The van der Waals surface area contributed by atoms with Gasteiger partial charge in [-0.25, -0.2) is 0 Å². The summed E-state index contributed by atoms with van der Waals surface area (Å²) in [5.41, 5.74) is 4.66. The zero-order valence-corrected chi connectivity index (χ0v) is 20.9. The summed E-state index contributed by atoms with van der Waals surface area (Å²) in [4.78, 5) is 29.0. The Balaban J connectivity index is 1.93. The van der Waals surface area contributed by atoms with Crippen LogP contribution in [0, 0.1) is 12.3 Å². The lowest BCUT2D eigenvalue weighted by atomic mass is 9.71. The number of ether oxygens (including phenoxy) is 2. The predicted molar refractivity (Wildman–Crippen MR) is 131 cm³/mol. The molecule has 174 valence electrons. The average Bonchev–Trinajstić information content (AvgIpc) is 2.79. The lowest BCUT2D eigenvalue weighted by Gasteiger charge is -2.44. The zero-order chi connectivity index (χ0) is 23.5. The van der Waals surface area contributed by atoms with Crippen LogP contribution in [0.4, 0.5) is 0 Å². The van der Waals surface area contributed by atoms with Gasteiger partial charge in [0.05, 0.1) is 11.1 Å². The molecule has 0 fully saturated rings. The number of hydrogen-bond donors (Lipinski definition) is 0. The normalized spacial score (nSPS) is 18.8. The molecule has 0 radical (unpaired) electrons. The lowest BCUT2D eigenvalue weighted by molar-refractivity contribution is -0.117.